The molecule has 0 radical (unpaired) electrons. The molecule has 19 heavy (non-hydrogen) atoms. The lowest BCUT2D eigenvalue weighted by Crippen LogP contribution is -2.29. The Morgan fingerprint density at radius 2 is 1.68 bits per heavy atom. The van der Waals surface area contributed by atoms with Gasteiger partial charge in [-0.05, 0) is 49.5 Å². The monoisotopic (exact) mass is 262 g/mol. The minimum atomic E-state index is 0.249. The lowest BCUT2D eigenvalue weighted by atomic mass is 9.89. The quantitative estimate of drug-likeness (QED) is 0.777. The molecular weight excluding hydrogens is 232 g/mol. The van der Waals surface area contributed by atoms with Crippen LogP contribution in [0.1, 0.15) is 44.7 Å². The summed E-state index contributed by atoms with van der Waals surface area (Å²) in [7, 11) is 2.19. The summed E-state index contributed by atoms with van der Waals surface area (Å²) in [5, 5.41) is 0. The van der Waals surface area contributed by atoms with Gasteiger partial charge in [-0.1, -0.05) is 51.5 Å². The number of nitrogens with zero attached hydrogens (tertiary/aromatic N) is 1. The highest BCUT2D eigenvalue weighted by Crippen LogP contribution is 2.18. The molecule has 0 saturated heterocycles. The van der Waals surface area contributed by atoms with E-state index in [2.05, 4.69) is 57.0 Å². The first kappa shape index (κ1) is 16.2. The maximum Gasteiger partial charge on any atom is 0.0230 e. The second-order valence-electron chi connectivity index (χ2n) is 6.42. The number of rotatable bonds is 8. The summed E-state index contributed by atoms with van der Waals surface area (Å²) >= 11 is 0. The molecule has 1 aromatic rings. The van der Waals surface area contributed by atoms with E-state index in [1.165, 1.54) is 24.0 Å². The van der Waals surface area contributed by atoms with E-state index in [4.69, 9.17) is 5.73 Å². The average Bonchev–Trinajstić information content (AvgIpc) is 2.39. The summed E-state index contributed by atoms with van der Waals surface area (Å²) in [4.78, 5) is 2.38. The first-order chi connectivity index (χ1) is 8.96. The Labute approximate surface area is 119 Å². The predicted octanol–water partition coefficient (Wildman–Crippen LogP) is 3.45. The van der Waals surface area contributed by atoms with Crippen LogP contribution in [0.3, 0.4) is 0 Å². The van der Waals surface area contributed by atoms with Crippen molar-refractivity contribution in [3.8, 4) is 0 Å². The number of nitrogens with two attached hydrogens (primary N) is 1. The highest BCUT2D eigenvalue weighted by Gasteiger charge is 2.15. The van der Waals surface area contributed by atoms with Crippen molar-refractivity contribution in [3.05, 3.63) is 35.4 Å². The van der Waals surface area contributed by atoms with E-state index in [0.717, 1.165) is 26.1 Å². The van der Waals surface area contributed by atoms with E-state index in [-0.39, 0.29) is 5.41 Å². The Kier molecular flexibility index (Phi) is 6.53. The van der Waals surface area contributed by atoms with E-state index in [1.54, 1.807) is 0 Å². The third kappa shape index (κ3) is 6.22. The van der Waals surface area contributed by atoms with Gasteiger partial charge in [-0.2, -0.15) is 0 Å². The van der Waals surface area contributed by atoms with Gasteiger partial charge < -0.3 is 10.6 Å². The lowest BCUT2D eigenvalue weighted by molar-refractivity contribution is 0.249. The fourth-order valence-corrected chi connectivity index (χ4v) is 2.09. The largest absolute Gasteiger partial charge is 0.330 e. The predicted molar refractivity (Wildman–Crippen MR) is 84.2 cm³/mol. The SMILES string of the molecule is CCCc1ccc(CN(C)CCC(C)(C)CN)cc1. The lowest BCUT2D eigenvalue weighted by Gasteiger charge is -2.26. The minimum Gasteiger partial charge on any atom is -0.330 e. The molecule has 0 aliphatic carbocycles. The zero-order chi connectivity index (χ0) is 14.3. The molecule has 0 unspecified atom stereocenters. The van der Waals surface area contributed by atoms with Crippen LogP contribution in [-0.4, -0.2) is 25.0 Å². The summed E-state index contributed by atoms with van der Waals surface area (Å²) in [6.07, 6.45) is 3.54. The van der Waals surface area contributed by atoms with Crippen LogP contribution in [0.2, 0.25) is 0 Å². The fourth-order valence-electron chi connectivity index (χ4n) is 2.09. The zero-order valence-corrected chi connectivity index (χ0v) is 13.1. The minimum absolute atomic E-state index is 0.249. The maximum absolute atomic E-state index is 5.77. The molecule has 2 N–H and O–H groups in total. The van der Waals surface area contributed by atoms with Crippen molar-refractivity contribution in [3.63, 3.8) is 0 Å². The Bertz CT molecular complexity index is 354. The van der Waals surface area contributed by atoms with Gasteiger partial charge in [0.15, 0.2) is 0 Å². The van der Waals surface area contributed by atoms with Crippen LogP contribution < -0.4 is 5.73 Å². The molecule has 2 nitrogen and oxygen atoms in total. The summed E-state index contributed by atoms with van der Waals surface area (Å²) in [6.45, 7) is 9.57. The third-order valence-electron chi connectivity index (χ3n) is 3.74. The van der Waals surface area contributed by atoms with Crippen LogP contribution in [0.15, 0.2) is 24.3 Å². The standard InChI is InChI=1S/C17H30N2/c1-5-6-15-7-9-16(10-8-15)13-19(4)12-11-17(2,3)14-18/h7-10H,5-6,11-14,18H2,1-4H3. The molecule has 0 aliphatic rings. The van der Waals surface area contributed by atoms with Crippen LogP contribution in [-0.2, 0) is 13.0 Å². The van der Waals surface area contributed by atoms with Gasteiger partial charge in [0.2, 0.25) is 0 Å². The molecule has 0 saturated carbocycles. The van der Waals surface area contributed by atoms with Crippen LogP contribution in [0, 0.1) is 5.41 Å². The third-order valence-corrected chi connectivity index (χ3v) is 3.74. The van der Waals surface area contributed by atoms with Crippen molar-refractivity contribution < 1.29 is 0 Å². The Balaban J connectivity index is 2.41. The number of aryl methyl sites for hydroxylation is 1. The van der Waals surface area contributed by atoms with E-state index in [1.807, 2.05) is 0 Å². The molecule has 0 fully saturated rings. The fraction of sp³-hybridized carbons (Fsp3) is 0.647. The second-order valence-corrected chi connectivity index (χ2v) is 6.42. The molecule has 0 atom stereocenters. The number of benzene rings is 1. The first-order valence-corrected chi connectivity index (χ1v) is 7.43. The Morgan fingerprint density at radius 3 is 2.21 bits per heavy atom. The highest BCUT2D eigenvalue weighted by atomic mass is 15.1. The van der Waals surface area contributed by atoms with Gasteiger partial charge in [0.1, 0.15) is 0 Å². The van der Waals surface area contributed by atoms with Gasteiger partial charge in [-0.3, -0.25) is 0 Å². The number of hydrogen-bond donors (Lipinski definition) is 1. The summed E-state index contributed by atoms with van der Waals surface area (Å²) < 4.78 is 0. The first-order valence-electron chi connectivity index (χ1n) is 7.43. The number of hydrogen-bond acceptors (Lipinski definition) is 2. The highest BCUT2D eigenvalue weighted by molar-refractivity contribution is 5.22. The maximum atomic E-state index is 5.77. The van der Waals surface area contributed by atoms with Crippen LogP contribution in [0.25, 0.3) is 0 Å². The van der Waals surface area contributed by atoms with Crippen molar-refractivity contribution in [1.82, 2.24) is 4.90 Å². The van der Waals surface area contributed by atoms with Gasteiger partial charge >= 0.3 is 0 Å². The van der Waals surface area contributed by atoms with Crippen molar-refractivity contribution >= 4 is 0 Å². The van der Waals surface area contributed by atoms with E-state index in [9.17, 15) is 0 Å². The van der Waals surface area contributed by atoms with Crippen LogP contribution >= 0.6 is 0 Å². The van der Waals surface area contributed by atoms with E-state index < -0.39 is 0 Å². The summed E-state index contributed by atoms with van der Waals surface area (Å²) in [5.74, 6) is 0. The van der Waals surface area contributed by atoms with Crippen molar-refractivity contribution in [1.29, 1.82) is 0 Å². The normalized spacial score (nSPS) is 12.1. The molecule has 2 heteroatoms. The van der Waals surface area contributed by atoms with Gasteiger partial charge in [0, 0.05) is 6.54 Å². The molecule has 0 aliphatic heterocycles. The Hall–Kier alpha value is -0.860. The Morgan fingerprint density at radius 1 is 1.11 bits per heavy atom. The summed E-state index contributed by atoms with van der Waals surface area (Å²) in [5.41, 5.74) is 8.86. The van der Waals surface area contributed by atoms with Crippen LogP contribution in [0.4, 0.5) is 0 Å². The van der Waals surface area contributed by atoms with Crippen molar-refractivity contribution in [2.75, 3.05) is 20.1 Å². The molecule has 0 heterocycles. The van der Waals surface area contributed by atoms with Gasteiger partial charge in [-0.25, -0.2) is 0 Å². The molecule has 0 amide bonds. The molecule has 0 spiro atoms. The van der Waals surface area contributed by atoms with E-state index in [0.29, 0.717) is 0 Å². The van der Waals surface area contributed by atoms with Crippen LogP contribution in [0.5, 0.6) is 0 Å². The smallest absolute Gasteiger partial charge is 0.0230 e. The van der Waals surface area contributed by atoms with Gasteiger partial charge in [-0.15, -0.1) is 0 Å². The molecule has 0 bridgehead atoms. The van der Waals surface area contributed by atoms with Crippen molar-refractivity contribution in [2.45, 2.75) is 46.6 Å². The van der Waals surface area contributed by atoms with E-state index >= 15 is 0 Å². The van der Waals surface area contributed by atoms with Gasteiger partial charge in [0.05, 0.1) is 0 Å². The average molecular weight is 262 g/mol. The molecule has 1 rings (SSSR count). The molecular formula is C17H30N2. The summed E-state index contributed by atoms with van der Waals surface area (Å²) in [6, 6.07) is 9.04. The van der Waals surface area contributed by atoms with Gasteiger partial charge in [0.25, 0.3) is 0 Å². The zero-order valence-electron chi connectivity index (χ0n) is 13.1. The molecule has 0 aromatic heterocycles. The molecule has 1 aromatic carbocycles. The second kappa shape index (κ2) is 7.66. The molecule has 108 valence electrons. The topological polar surface area (TPSA) is 29.3 Å². The van der Waals surface area contributed by atoms with Crippen molar-refractivity contribution in [2.24, 2.45) is 11.1 Å².